The van der Waals surface area contributed by atoms with E-state index < -0.39 is 0 Å². The number of methoxy groups -OCH3 is 1. The number of thiophene rings is 1. The standard InChI is InChI=1S/C13H19N3OS/c1-10-8-16(9-12-5-4-11(2)18-12)13(15-10)14-6-7-17-3/h4-5,8H,6-7,9H2,1-3H3,(H,14,15). The highest BCUT2D eigenvalue weighted by molar-refractivity contribution is 7.11. The predicted octanol–water partition coefficient (Wildman–Crippen LogP) is 2.67. The maximum atomic E-state index is 5.03. The molecule has 0 aromatic carbocycles. The van der Waals surface area contributed by atoms with Crippen molar-refractivity contribution in [3.8, 4) is 0 Å². The Balaban J connectivity index is 2.06. The molecule has 0 fully saturated rings. The van der Waals surface area contributed by atoms with Crippen LogP contribution in [0.25, 0.3) is 0 Å². The van der Waals surface area contributed by atoms with Crippen molar-refractivity contribution in [2.45, 2.75) is 20.4 Å². The Morgan fingerprint density at radius 1 is 1.39 bits per heavy atom. The Kier molecular flexibility index (Phi) is 4.38. The second kappa shape index (κ2) is 6.02. The fourth-order valence-corrected chi connectivity index (χ4v) is 2.70. The van der Waals surface area contributed by atoms with Crippen LogP contribution in [0.1, 0.15) is 15.4 Å². The number of nitrogens with zero attached hydrogens (tertiary/aromatic N) is 2. The van der Waals surface area contributed by atoms with Crippen molar-refractivity contribution in [2.75, 3.05) is 25.6 Å². The average Bonchev–Trinajstić information content (AvgIpc) is 2.87. The molecular weight excluding hydrogens is 246 g/mol. The number of hydrogen-bond acceptors (Lipinski definition) is 4. The van der Waals surface area contributed by atoms with Crippen LogP contribution in [0.5, 0.6) is 0 Å². The van der Waals surface area contributed by atoms with Gasteiger partial charge in [0, 0.05) is 29.6 Å². The van der Waals surface area contributed by atoms with Crippen LogP contribution in [0, 0.1) is 13.8 Å². The molecule has 2 heterocycles. The summed E-state index contributed by atoms with van der Waals surface area (Å²) in [5.74, 6) is 0.913. The van der Waals surface area contributed by atoms with Gasteiger partial charge in [-0.1, -0.05) is 0 Å². The van der Waals surface area contributed by atoms with Crippen LogP contribution in [0.4, 0.5) is 5.95 Å². The van der Waals surface area contributed by atoms with Crippen molar-refractivity contribution in [1.82, 2.24) is 9.55 Å². The molecule has 2 aromatic rings. The van der Waals surface area contributed by atoms with Gasteiger partial charge in [0.25, 0.3) is 0 Å². The van der Waals surface area contributed by atoms with Gasteiger partial charge in [-0.2, -0.15) is 0 Å². The van der Waals surface area contributed by atoms with Gasteiger partial charge in [-0.15, -0.1) is 11.3 Å². The summed E-state index contributed by atoms with van der Waals surface area (Å²) >= 11 is 1.83. The first-order valence-electron chi connectivity index (χ1n) is 6.01. The maximum absolute atomic E-state index is 5.03. The monoisotopic (exact) mass is 265 g/mol. The summed E-state index contributed by atoms with van der Waals surface area (Å²) in [6.45, 7) is 6.47. The van der Waals surface area contributed by atoms with Gasteiger partial charge in [-0.25, -0.2) is 4.98 Å². The normalized spacial score (nSPS) is 10.8. The highest BCUT2D eigenvalue weighted by Crippen LogP contribution is 2.18. The first-order valence-corrected chi connectivity index (χ1v) is 6.82. The summed E-state index contributed by atoms with van der Waals surface area (Å²) in [5.41, 5.74) is 1.03. The number of anilines is 1. The zero-order valence-corrected chi connectivity index (χ0v) is 11.9. The first kappa shape index (κ1) is 13.1. The third-order valence-electron chi connectivity index (χ3n) is 2.61. The van der Waals surface area contributed by atoms with Gasteiger partial charge in [-0.05, 0) is 26.0 Å². The summed E-state index contributed by atoms with van der Waals surface area (Å²) < 4.78 is 7.18. The topological polar surface area (TPSA) is 39.1 Å². The molecule has 0 saturated heterocycles. The van der Waals surface area contributed by atoms with Crippen molar-refractivity contribution in [1.29, 1.82) is 0 Å². The van der Waals surface area contributed by atoms with Gasteiger partial charge in [0.1, 0.15) is 0 Å². The van der Waals surface area contributed by atoms with E-state index in [1.54, 1.807) is 7.11 Å². The number of imidazole rings is 1. The summed E-state index contributed by atoms with van der Waals surface area (Å²) in [7, 11) is 1.70. The summed E-state index contributed by atoms with van der Waals surface area (Å²) in [5, 5.41) is 3.29. The van der Waals surface area contributed by atoms with Gasteiger partial charge in [0.15, 0.2) is 0 Å². The third kappa shape index (κ3) is 3.34. The van der Waals surface area contributed by atoms with Gasteiger partial charge >= 0.3 is 0 Å². The van der Waals surface area contributed by atoms with E-state index in [1.165, 1.54) is 9.75 Å². The van der Waals surface area contributed by atoms with Gasteiger partial charge in [0.05, 0.1) is 18.8 Å². The number of ether oxygens (including phenoxy) is 1. The second-order valence-electron chi connectivity index (χ2n) is 4.27. The van der Waals surface area contributed by atoms with E-state index >= 15 is 0 Å². The maximum Gasteiger partial charge on any atom is 0.203 e. The summed E-state index contributed by atoms with van der Waals surface area (Å²) in [4.78, 5) is 7.18. The molecule has 98 valence electrons. The van der Waals surface area contributed by atoms with E-state index in [1.807, 2.05) is 18.3 Å². The second-order valence-corrected chi connectivity index (χ2v) is 5.64. The van der Waals surface area contributed by atoms with Crippen molar-refractivity contribution >= 4 is 17.3 Å². The molecule has 0 radical (unpaired) electrons. The first-order chi connectivity index (χ1) is 8.69. The van der Waals surface area contributed by atoms with Crippen molar-refractivity contribution in [3.63, 3.8) is 0 Å². The minimum absolute atomic E-state index is 0.685. The summed E-state index contributed by atoms with van der Waals surface area (Å²) in [6, 6.07) is 4.33. The lowest BCUT2D eigenvalue weighted by Crippen LogP contribution is -2.12. The van der Waals surface area contributed by atoms with E-state index in [2.05, 4.69) is 40.1 Å². The molecule has 0 aliphatic carbocycles. The lowest BCUT2D eigenvalue weighted by Gasteiger charge is -2.08. The highest BCUT2D eigenvalue weighted by atomic mass is 32.1. The van der Waals surface area contributed by atoms with E-state index in [0.29, 0.717) is 6.61 Å². The Morgan fingerprint density at radius 3 is 2.89 bits per heavy atom. The van der Waals surface area contributed by atoms with Gasteiger partial charge in [-0.3, -0.25) is 0 Å². The minimum atomic E-state index is 0.685. The molecule has 2 aromatic heterocycles. The molecule has 0 unspecified atom stereocenters. The fraction of sp³-hybridized carbons (Fsp3) is 0.462. The number of aryl methyl sites for hydroxylation is 2. The molecule has 0 amide bonds. The lowest BCUT2D eigenvalue weighted by molar-refractivity contribution is 0.210. The van der Waals surface area contributed by atoms with E-state index in [9.17, 15) is 0 Å². The molecular formula is C13H19N3OS. The molecule has 0 spiro atoms. The Morgan fingerprint density at radius 2 is 2.22 bits per heavy atom. The van der Waals surface area contributed by atoms with Gasteiger partial charge < -0.3 is 14.6 Å². The van der Waals surface area contributed by atoms with Gasteiger partial charge in [0.2, 0.25) is 5.95 Å². The molecule has 4 nitrogen and oxygen atoms in total. The Labute approximate surface area is 112 Å². The SMILES string of the molecule is COCCNc1nc(C)cn1Cc1ccc(C)s1. The molecule has 0 aliphatic rings. The molecule has 5 heteroatoms. The summed E-state index contributed by atoms with van der Waals surface area (Å²) in [6.07, 6.45) is 2.07. The molecule has 2 rings (SSSR count). The van der Waals surface area contributed by atoms with Crippen molar-refractivity contribution in [3.05, 3.63) is 33.8 Å². The van der Waals surface area contributed by atoms with Crippen LogP contribution in [-0.2, 0) is 11.3 Å². The van der Waals surface area contributed by atoms with E-state index in [4.69, 9.17) is 4.74 Å². The average molecular weight is 265 g/mol. The van der Waals surface area contributed by atoms with Crippen LogP contribution < -0.4 is 5.32 Å². The number of rotatable bonds is 6. The fourth-order valence-electron chi connectivity index (χ4n) is 1.81. The van der Waals surface area contributed by atoms with E-state index in [-0.39, 0.29) is 0 Å². The van der Waals surface area contributed by atoms with Crippen molar-refractivity contribution < 1.29 is 4.74 Å². The molecule has 0 aliphatic heterocycles. The molecule has 1 N–H and O–H groups in total. The van der Waals surface area contributed by atoms with Crippen LogP contribution >= 0.6 is 11.3 Å². The van der Waals surface area contributed by atoms with Crippen LogP contribution in [-0.4, -0.2) is 29.8 Å². The number of aromatic nitrogens is 2. The van der Waals surface area contributed by atoms with Crippen LogP contribution in [0.3, 0.4) is 0 Å². The number of nitrogens with one attached hydrogen (secondary N) is 1. The highest BCUT2D eigenvalue weighted by Gasteiger charge is 2.06. The third-order valence-corrected chi connectivity index (χ3v) is 3.59. The van der Waals surface area contributed by atoms with Crippen LogP contribution in [0.2, 0.25) is 0 Å². The number of hydrogen-bond donors (Lipinski definition) is 1. The quantitative estimate of drug-likeness (QED) is 0.816. The zero-order chi connectivity index (χ0) is 13.0. The van der Waals surface area contributed by atoms with E-state index in [0.717, 1.165) is 24.7 Å². The predicted molar refractivity (Wildman–Crippen MR) is 75.5 cm³/mol. The van der Waals surface area contributed by atoms with Crippen molar-refractivity contribution in [2.24, 2.45) is 0 Å². The minimum Gasteiger partial charge on any atom is -0.383 e. The Bertz CT molecular complexity index is 504. The largest absolute Gasteiger partial charge is 0.383 e. The Hall–Kier alpha value is -1.33. The molecule has 0 bridgehead atoms. The molecule has 0 saturated carbocycles. The van der Waals surface area contributed by atoms with Crippen LogP contribution in [0.15, 0.2) is 18.3 Å². The lowest BCUT2D eigenvalue weighted by atomic mass is 10.4. The molecule has 0 atom stereocenters. The smallest absolute Gasteiger partial charge is 0.203 e. The zero-order valence-electron chi connectivity index (χ0n) is 11.1. The molecule has 18 heavy (non-hydrogen) atoms.